The van der Waals surface area contributed by atoms with Gasteiger partial charge < -0.3 is 13.9 Å². The van der Waals surface area contributed by atoms with Crippen molar-refractivity contribution in [3.8, 4) is 11.3 Å². The maximum absolute atomic E-state index is 13.9. The van der Waals surface area contributed by atoms with E-state index in [0.717, 1.165) is 24.3 Å². The number of nitrogens with zero attached hydrogens (tertiary/aromatic N) is 3. The Balaban J connectivity index is 1.58. The van der Waals surface area contributed by atoms with Crippen LogP contribution in [-0.2, 0) is 0 Å². The molecule has 0 N–H and O–H groups in total. The molecule has 140 valence electrons. The maximum Gasteiger partial charge on any atom is 0.293 e. The third kappa shape index (κ3) is 3.25. The second-order valence-electron chi connectivity index (χ2n) is 7.02. The SMILES string of the molecule is CC(C)c1cc(C2CCCN2C(=O)c2cc(-c3ccccc3F)no2)no1. The molecule has 7 heteroatoms. The van der Waals surface area contributed by atoms with Gasteiger partial charge in [-0.15, -0.1) is 0 Å². The molecule has 6 nitrogen and oxygen atoms in total. The number of hydrogen-bond acceptors (Lipinski definition) is 5. The molecule has 0 aliphatic carbocycles. The van der Waals surface area contributed by atoms with Crippen molar-refractivity contribution in [2.24, 2.45) is 0 Å². The topological polar surface area (TPSA) is 72.4 Å². The van der Waals surface area contributed by atoms with Gasteiger partial charge in [-0.2, -0.15) is 0 Å². The normalized spacial score (nSPS) is 17.0. The van der Waals surface area contributed by atoms with E-state index in [0.29, 0.717) is 17.8 Å². The van der Waals surface area contributed by atoms with E-state index < -0.39 is 5.82 Å². The van der Waals surface area contributed by atoms with Crippen LogP contribution < -0.4 is 0 Å². The van der Waals surface area contributed by atoms with Gasteiger partial charge in [-0.25, -0.2) is 4.39 Å². The zero-order valence-electron chi connectivity index (χ0n) is 15.2. The van der Waals surface area contributed by atoms with Crippen LogP contribution in [0.1, 0.15) is 60.7 Å². The largest absolute Gasteiger partial charge is 0.361 e. The van der Waals surface area contributed by atoms with Crippen molar-refractivity contribution in [1.82, 2.24) is 15.2 Å². The summed E-state index contributed by atoms with van der Waals surface area (Å²) >= 11 is 0. The highest BCUT2D eigenvalue weighted by atomic mass is 19.1. The van der Waals surface area contributed by atoms with E-state index in [1.54, 1.807) is 23.1 Å². The van der Waals surface area contributed by atoms with E-state index in [2.05, 4.69) is 10.3 Å². The summed E-state index contributed by atoms with van der Waals surface area (Å²) in [5, 5.41) is 8.01. The Morgan fingerprint density at radius 3 is 2.78 bits per heavy atom. The Morgan fingerprint density at radius 1 is 1.22 bits per heavy atom. The Labute approximate surface area is 155 Å². The molecule has 0 saturated carbocycles. The van der Waals surface area contributed by atoms with Crippen molar-refractivity contribution in [1.29, 1.82) is 0 Å². The molecule has 27 heavy (non-hydrogen) atoms. The zero-order chi connectivity index (χ0) is 19.0. The Kier molecular flexibility index (Phi) is 4.51. The van der Waals surface area contributed by atoms with E-state index in [1.807, 2.05) is 19.9 Å². The first kappa shape index (κ1) is 17.5. The molecule has 1 amide bonds. The zero-order valence-corrected chi connectivity index (χ0v) is 15.2. The van der Waals surface area contributed by atoms with Crippen molar-refractivity contribution in [3.05, 3.63) is 59.4 Å². The molecule has 0 spiro atoms. The lowest BCUT2D eigenvalue weighted by molar-refractivity contribution is 0.0688. The number of aromatic nitrogens is 2. The van der Waals surface area contributed by atoms with Crippen molar-refractivity contribution in [2.45, 2.75) is 38.6 Å². The van der Waals surface area contributed by atoms with Crippen molar-refractivity contribution < 1.29 is 18.2 Å². The molecule has 1 aliphatic heterocycles. The maximum atomic E-state index is 13.9. The van der Waals surface area contributed by atoms with Gasteiger partial charge in [0.25, 0.3) is 5.91 Å². The number of amides is 1. The van der Waals surface area contributed by atoms with Crippen LogP contribution >= 0.6 is 0 Å². The minimum Gasteiger partial charge on any atom is -0.361 e. The van der Waals surface area contributed by atoms with Gasteiger partial charge in [0.2, 0.25) is 5.76 Å². The van der Waals surface area contributed by atoms with Crippen LogP contribution in [-0.4, -0.2) is 27.7 Å². The summed E-state index contributed by atoms with van der Waals surface area (Å²) in [6, 6.07) is 9.49. The molecule has 1 fully saturated rings. The summed E-state index contributed by atoms with van der Waals surface area (Å²) in [7, 11) is 0. The lowest BCUT2D eigenvalue weighted by atomic mass is 10.1. The molecule has 2 aromatic heterocycles. The van der Waals surface area contributed by atoms with E-state index in [-0.39, 0.29) is 23.6 Å². The molecule has 1 atom stereocenters. The summed E-state index contributed by atoms with van der Waals surface area (Å²) in [4.78, 5) is 14.7. The Bertz CT molecular complexity index is 963. The number of likely N-dealkylation sites (tertiary alicyclic amines) is 1. The quantitative estimate of drug-likeness (QED) is 0.674. The van der Waals surface area contributed by atoms with Crippen LogP contribution in [0.15, 0.2) is 45.4 Å². The van der Waals surface area contributed by atoms with Crippen LogP contribution in [0.4, 0.5) is 4.39 Å². The third-order valence-electron chi connectivity index (χ3n) is 4.84. The standard InChI is InChI=1S/C20H20FN3O3/c1-12(2)18-11-16(23-26-18)17-8-5-9-24(17)20(25)19-10-15(22-27-19)13-6-3-4-7-14(13)21/h3-4,6-7,10-12,17H,5,8-9H2,1-2H3. The number of carbonyl (C=O) groups excluding carboxylic acids is 1. The minimum absolute atomic E-state index is 0.0905. The molecule has 3 aromatic rings. The van der Waals surface area contributed by atoms with Gasteiger partial charge >= 0.3 is 0 Å². The first-order chi connectivity index (χ1) is 13.0. The van der Waals surface area contributed by atoms with Gasteiger partial charge in [0, 0.05) is 30.2 Å². The highest BCUT2D eigenvalue weighted by molar-refractivity contribution is 5.93. The fourth-order valence-corrected chi connectivity index (χ4v) is 3.36. The molecule has 1 saturated heterocycles. The highest BCUT2D eigenvalue weighted by Gasteiger charge is 2.34. The number of benzene rings is 1. The van der Waals surface area contributed by atoms with Crippen molar-refractivity contribution in [3.63, 3.8) is 0 Å². The third-order valence-corrected chi connectivity index (χ3v) is 4.84. The van der Waals surface area contributed by atoms with Gasteiger partial charge in [-0.3, -0.25) is 4.79 Å². The van der Waals surface area contributed by atoms with Gasteiger partial charge in [0.05, 0.1) is 6.04 Å². The lowest BCUT2D eigenvalue weighted by Gasteiger charge is -2.21. The summed E-state index contributed by atoms with van der Waals surface area (Å²) in [6.45, 7) is 4.66. The van der Waals surface area contributed by atoms with E-state index in [4.69, 9.17) is 9.05 Å². The fraction of sp³-hybridized carbons (Fsp3) is 0.350. The smallest absolute Gasteiger partial charge is 0.293 e. The molecule has 0 radical (unpaired) electrons. The summed E-state index contributed by atoms with van der Waals surface area (Å²) in [5.41, 5.74) is 1.35. The molecule has 1 aromatic carbocycles. The first-order valence-electron chi connectivity index (χ1n) is 9.03. The molecule has 1 unspecified atom stereocenters. The van der Waals surface area contributed by atoms with Crippen LogP contribution in [0, 0.1) is 5.82 Å². The van der Waals surface area contributed by atoms with Crippen molar-refractivity contribution in [2.75, 3.05) is 6.54 Å². The summed E-state index contributed by atoms with van der Waals surface area (Å²) in [6.07, 6.45) is 1.68. The second kappa shape index (κ2) is 6.98. The van der Waals surface area contributed by atoms with E-state index in [1.165, 1.54) is 12.1 Å². The van der Waals surface area contributed by atoms with Gasteiger partial charge in [0.15, 0.2) is 0 Å². The van der Waals surface area contributed by atoms with Gasteiger partial charge in [-0.05, 0) is 25.0 Å². The molecule has 3 heterocycles. The second-order valence-corrected chi connectivity index (χ2v) is 7.02. The van der Waals surface area contributed by atoms with E-state index >= 15 is 0 Å². The predicted octanol–water partition coefficient (Wildman–Crippen LogP) is 4.57. The molecule has 1 aliphatic rings. The predicted molar refractivity (Wildman–Crippen MR) is 95.5 cm³/mol. The fourth-order valence-electron chi connectivity index (χ4n) is 3.36. The summed E-state index contributed by atoms with van der Waals surface area (Å²) in [5.74, 6) is 0.433. The number of hydrogen-bond donors (Lipinski definition) is 0. The van der Waals surface area contributed by atoms with Crippen LogP contribution in [0.3, 0.4) is 0 Å². The Morgan fingerprint density at radius 2 is 2.04 bits per heavy atom. The average Bonchev–Trinajstić information content (AvgIpc) is 3.40. The summed E-state index contributed by atoms with van der Waals surface area (Å²) < 4.78 is 24.5. The monoisotopic (exact) mass is 369 g/mol. The molecular formula is C20H20FN3O3. The lowest BCUT2D eigenvalue weighted by Crippen LogP contribution is -2.30. The number of rotatable bonds is 4. The highest BCUT2D eigenvalue weighted by Crippen LogP contribution is 2.34. The number of halogens is 1. The van der Waals surface area contributed by atoms with Crippen molar-refractivity contribution >= 4 is 5.91 Å². The first-order valence-corrected chi connectivity index (χ1v) is 9.03. The van der Waals surface area contributed by atoms with E-state index in [9.17, 15) is 9.18 Å². The van der Waals surface area contributed by atoms with Crippen LogP contribution in [0.25, 0.3) is 11.3 Å². The van der Waals surface area contributed by atoms with Gasteiger partial charge in [-0.1, -0.05) is 36.3 Å². The average molecular weight is 369 g/mol. The van der Waals surface area contributed by atoms with Crippen LogP contribution in [0.2, 0.25) is 0 Å². The van der Waals surface area contributed by atoms with Crippen LogP contribution in [0.5, 0.6) is 0 Å². The molecule has 4 rings (SSSR count). The molecular weight excluding hydrogens is 349 g/mol. The molecule has 0 bridgehead atoms. The minimum atomic E-state index is -0.410. The Hall–Kier alpha value is -2.96. The number of carbonyl (C=O) groups is 1. The van der Waals surface area contributed by atoms with Gasteiger partial charge in [0.1, 0.15) is 23.0 Å².